The van der Waals surface area contributed by atoms with Crippen molar-refractivity contribution in [1.82, 2.24) is 15.2 Å². The minimum atomic E-state index is 0.0290. The number of hydrogen-bond donors (Lipinski definition) is 1. The van der Waals surface area contributed by atoms with E-state index >= 15 is 0 Å². The highest BCUT2D eigenvalue weighted by atomic mass is 16.5. The summed E-state index contributed by atoms with van der Waals surface area (Å²) in [5.74, 6) is 1.17. The predicted molar refractivity (Wildman–Crippen MR) is 93.5 cm³/mol. The number of aromatic nitrogens is 1. The summed E-state index contributed by atoms with van der Waals surface area (Å²) in [4.78, 5) is 18.5. The van der Waals surface area contributed by atoms with E-state index in [1.165, 1.54) is 19.3 Å². The fourth-order valence-corrected chi connectivity index (χ4v) is 4.16. The average Bonchev–Trinajstić information content (AvgIpc) is 3.08. The number of urea groups is 1. The van der Waals surface area contributed by atoms with Gasteiger partial charge in [0.2, 0.25) is 5.88 Å². The van der Waals surface area contributed by atoms with Gasteiger partial charge in [0.1, 0.15) is 6.10 Å². The van der Waals surface area contributed by atoms with Gasteiger partial charge in [0.05, 0.1) is 12.1 Å². The van der Waals surface area contributed by atoms with Gasteiger partial charge in [0.25, 0.3) is 0 Å². The maximum atomic E-state index is 12.4. The van der Waals surface area contributed by atoms with Gasteiger partial charge in [-0.2, -0.15) is 0 Å². The quantitative estimate of drug-likeness (QED) is 0.911. The monoisotopic (exact) mass is 345 g/mol. The second kappa shape index (κ2) is 7.20. The van der Waals surface area contributed by atoms with Crippen LogP contribution in [0, 0.1) is 5.92 Å². The summed E-state index contributed by atoms with van der Waals surface area (Å²) < 4.78 is 11.8. The molecular weight excluding hydrogens is 318 g/mol. The van der Waals surface area contributed by atoms with E-state index < -0.39 is 0 Å². The van der Waals surface area contributed by atoms with Gasteiger partial charge in [-0.25, -0.2) is 9.78 Å². The van der Waals surface area contributed by atoms with Crippen LogP contribution < -0.4 is 10.1 Å². The lowest BCUT2D eigenvalue weighted by molar-refractivity contribution is -0.142. The molecule has 0 radical (unpaired) electrons. The molecule has 4 rings (SSSR count). The van der Waals surface area contributed by atoms with E-state index in [2.05, 4.69) is 10.3 Å². The fourth-order valence-electron chi connectivity index (χ4n) is 4.16. The van der Waals surface area contributed by atoms with Crippen molar-refractivity contribution in [3.8, 4) is 5.88 Å². The lowest BCUT2D eigenvalue weighted by Gasteiger charge is -2.47. The SMILES string of the molecule is O=C(NCC1CCOC2(CCC2)C1)N1CCC(Oc2ccccn2)C1. The zero-order chi connectivity index (χ0) is 17.1. The first-order valence-corrected chi connectivity index (χ1v) is 9.47. The first-order valence-electron chi connectivity index (χ1n) is 9.47. The van der Waals surface area contributed by atoms with Crippen molar-refractivity contribution in [1.29, 1.82) is 0 Å². The van der Waals surface area contributed by atoms with E-state index in [1.807, 2.05) is 23.1 Å². The summed E-state index contributed by atoms with van der Waals surface area (Å²) in [6.07, 6.45) is 8.41. The lowest BCUT2D eigenvalue weighted by Crippen LogP contribution is -2.48. The largest absolute Gasteiger partial charge is 0.472 e. The van der Waals surface area contributed by atoms with Crippen LogP contribution in [0.4, 0.5) is 4.79 Å². The molecule has 25 heavy (non-hydrogen) atoms. The van der Waals surface area contributed by atoms with Gasteiger partial charge in [-0.05, 0) is 44.1 Å². The summed E-state index contributed by atoms with van der Waals surface area (Å²) in [6, 6.07) is 5.65. The first-order chi connectivity index (χ1) is 12.2. The first kappa shape index (κ1) is 16.6. The number of likely N-dealkylation sites (tertiary alicyclic amines) is 1. The summed E-state index contributed by atoms with van der Waals surface area (Å²) in [5, 5.41) is 3.12. The highest BCUT2D eigenvalue weighted by Crippen LogP contribution is 2.44. The van der Waals surface area contributed by atoms with Crippen molar-refractivity contribution < 1.29 is 14.3 Å². The number of nitrogens with zero attached hydrogens (tertiary/aromatic N) is 2. The molecule has 1 aromatic rings. The van der Waals surface area contributed by atoms with Gasteiger partial charge in [-0.3, -0.25) is 0 Å². The van der Waals surface area contributed by atoms with E-state index in [9.17, 15) is 4.79 Å². The van der Waals surface area contributed by atoms with Crippen LogP contribution in [0.5, 0.6) is 5.88 Å². The fraction of sp³-hybridized carbons (Fsp3) is 0.684. The standard InChI is InChI=1S/C19H27N3O3/c23-18(21-13-15-6-11-24-19(12-15)7-3-8-19)22-10-5-16(14-22)25-17-4-1-2-9-20-17/h1-2,4,9,15-16H,3,5-8,10-14H2,(H,21,23). The molecule has 6 heteroatoms. The molecule has 136 valence electrons. The van der Waals surface area contributed by atoms with Crippen LogP contribution in [0.2, 0.25) is 0 Å². The van der Waals surface area contributed by atoms with Gasteiger partial charge in [-0.15, -0.1) is 0 Å². The van der Waals surface area contributed by atoms with Crippen LogP contribution in [0.1, 0.15) is 38.5 Å². The molecular formula is C19H27N3O3. The smallest absolute Gasteiger partial charge is 0.317 e. The Morgan fingerprint density at radius 2 is 2.32 bits per heavy atom. The molecule has 3 fully saturated rings. The molecule has 1 saturated carbocycles. The Hall–Kier alpha value is -1.82. The van der Waals surface area contributed by atoms with E-state index in [0.29, 0.717) is 18.3 Å². The molecule has 2 aliphatic heterocycles. The van der Waals surface area contributed by atoms with Crippen LogP contribution in [-0.4, -0.2) is 53.9 Å². The number of nitrogens with one attached hydrogen (secondary N) is 1. The number of pyridine rings is 1. The molecule has 1 aromatic heterocycles. The molecule has 2 saturated heterocycles. The number of ether oxygens (including phenoxy) is 2. The third kappa shape index (κ3) is 3.89. The highest BCUT2D eigenvalue weighted by Gasteiger charge is 2.42. The molecule has 2 atom stereocenters. The molecule has 3 heterocycles. The van der Waals surface area contributed by atoms with Gasteiger partial charge in [0, 0.05) is 38.4 Å². The number of hydrogen-bond acceptors (Lipinski definition) is 4. The summed E-state index contributed by atoms with van der Waals surface area (Å²) in [7, 11) is 0. The predicted octanol–water partition coefficient (Wildman–Crippen LogP) is 2.59. The van der Waals surface area contributed by atoms with Crippen molar-refractivity contribution in [3.05, 3.63) is 24.4 Å². The van der Waals surface area contributed by atoms with Crippen molar-refractivity contribution in [3.63, 3.8) is 0 Å². The van der Waals surface area contributed by atoms with Crippen LogP contribution in [0.3, 0.4) is 0 Å². The van der Waals surface area contributed by atoms with Crippen molar-refractivity contribution >= 4 is 6.03 Å². The molecule has 1 N–H and O–H groups in total. The third-order valence-corrected chi connectivity index (χ3v) is 5.76. The van der Waals surface area contributed by atoms with Gasteiger partial charge in [-0.1, -0.05) is 6.07 Å². The zero-order valence-electron chi connectivity index (χ0n) is 14.7. The Morgan fingerprint density at radius 3 is 3.08 bits per heavy atom. The van der Waals surface area contributed by atoms with Crippen molar-refractivity contribution in [2.45, 2.75) is 50.2 Å². The Balaban J connectivity index is 1.21. The van der Waals surface area contributed by atoms with Crippen LogP contribution >= 0.6 is 0 Å². The number of carbonyl (C=O) groups excluding carboxylic acids is 1. The number of rotatable bonds is 4. The van der Waals surface area contributed by atoms with E-state index in [-0.39, 0.29) is 17.7 Å². The Morgan fingerprint density at radius 1 is 1.40 bits per heavy atom. The molecule has 6 nitrogen and oxygen atoms in total. The topological polar surface area (TPSA) is 63.7 Å². The van der Waals surface area contributed by atoms with E-state index in [4.69, 9.17) is 9.47 Å². The Bertz CT molecular complexity index is 591. The maximum Gasteiger partial charge on any atom is 0.317 e. The second-order valence-corrected chi connectivity index (χ2v) is 7.57. The Kier molecular flexibility index (Phi) is 4.79. The third-order valence-electron chi connectivity index (χ3n) is 5.76. The molecule has 0 bridgehead atoms. The number of amides is 2. The lowest BCUT2D eigenvalue weighted by atomic mass is 9.72. The molecule has 0 aromatic carbocycles. The maximum absolute atomic E-state index is 12.4. The van der Waals surface area contributed by atoms with E-state index in [1.54, 1.807) is 6.20 Å². The Labute approximate surface area is 148 Å². The number of carbonyl (C=O) groups is 1. The van der Waals surface area contributed by atoms with Crippen molar-refractivity contribution in [2.24, 2.45) is 5.92 Å². The summed E-state index contributed by atoms with van der Waals surface area (Å²) >= 11 is 0. The van der Waals surface area contributed by atoms with Crippen LogP contribution in [-0.2, 0) is 4.74 Å². The molecule has 3 aliphatic rings. The molecule has 2 amide bonds. The minimum absolute atomic E-state index is 0.0290. The minimum Gasteiger partial charge on any atom is -0.472 e. The summed E-state index contributed by atoms with van der Waals surface area (Å²) in [6.45, 7) is 2.96. The summed E-state index contributed by atoms with van der Waals surface area (Å²) in [5.41, 5.74) is 0.142. The molecule has 1 spiro atoms. The van der Waals surface area contributed by atoms with Gasteiger partial charge in [0.15, 0.2) is 0 Å². The zero-order valence-corrected chi connectivity index (χ0v) is 14.7. The molecule has 1 aliphatic carbocycles. The highest BCUT2D eigenvalue weighted by molar-refractivity contribution is 5.74. The normalized spacial score (nSPS) is 27.8. The van der Waals surface area contributed by atoms with Crippen molar-refractivity contribution in [2.75, 3.05) is 26.2 Å². The average molecular weight is 345 g/mol. The van der Waals surface area contributed by atoms with Gasteiger partial charge >= 0.3 is 6.03 Å². The van der Waals surface area contributed by atoms with E-state index in [0.717, 1.165) is 39.0 Å². The molecule has 2 unspecified atom stereocenters. The van der Waals surface area contributed by atoms with Gasteiger partial charge < -0.3 is 19.7 Å². The second-order valence-electron chi connectivity index (χ2n) is 7.57. The van der Waals surface area contributed by atoms with Crippen LogP contribution in [0.15, 0.2) is 24.4 Å². The van der Waals surface area contributed by atoms with Crippen LogP contribution in [0.25, 0.3) is 0 Å².